The standard InChI is InChI=1S/C15H26N4OS.HI/c1-12-19-14(11-21-12)6-8-18-15(16-2)17-7-3-9-20-10-13-4-5-13;/h11,13H,3-10H2,1-2H3,(H2,16,17,18);1H. The van der Waals surface area contributed by atoms with Crippen LogP contribution >= 0.6 is 35.3 Å². The van der Waals surface area contributed by atoms with Crippen LogP contribution in [0.1, 0.15) is 30.0 Å². The van der Waals surface area contributed by atoms with E-state index in [0.29, 0.717) is 0 Å². The van der Waals surface area contributed by atoms with Crippen LogP contribution in [0.4, 0.5) is 0 Å². The zero-order valence-electron chi connectivity index (χ0n) is 13.4. The summed E-state index contributed by atoms with van der Waals surface area (Å²) in [6, 6.07) is 0. The average Bonchev–Trinajstić information content (AvgIpc) is 3.22. The Balaban J connectivity index is 0.00000242. The highest BCUT2D eigenvalue weighted by Crippen LogP contribution is 2.28. The van der Waals surface area contributed by atoms with E-state index in [9.17, 15) is 0 Å². The molecule has 126 valence electrons. The normalized spacial score (nSPS) is 14.5. The summed E-state index contributed by atoms with van der Waals surface area (Å²) in [7, 11) is 1.80. The van der Waals surface area contributed by atoms with Crippen molar-refractivity contribution in [1.82, 2.24) is 15.6 Å². The lowest BCUT2D eigenvalue weighted by molar-refractivity contribution is 0.123. The lowest BCUT2D eigenvalue weighted by Crippen LogP contribution is -2.39. The molecule has 1 fully saturated rings. The van der Waals surface area contributed by atoms with Crippen molar-refractivity contribution >= 4 is 41.3 Å². The quantitative estimate of drug-likeness (QED) is 0.269. The van der Waals surface area contributed by atoms with Gasteiger partial charge in [-0.05, 0) is 32.1 Å². The van der Waals surface area contributed by atoms with Gasteiger partial charge in [0.15, 0.2) is 5.96 Å². The number of nitrogens with zero attached hydrogens (tertiary/aromatic N) is 2. The highest BCUT2D eigenvalue weighted by atomic mass is 127. The van der Waals surface area contributed by atoms with Gasteiger partial charge in [-0.2, -0.15) is 0 Å². The first-order valence-electron chi connectivity index (χ1n) is 7.71. The number of aliphatic imine (C=N–C) groups is 1. The monoisotopic (exact) mass is 438 g/mol. The maximum atomic E-state index is 5.61. The van der Waals surface area contributed by atoms with Gasteiger partial charge in [0.1, 0.15) is 0 Å². The molecule has 2 rings (SSSR count). The van der Waals surface area contributed by atoms with Gasteiger partial charge >= 0.3 is 0 Å². The Labute approximate surface area is 154 Å². The molecule has 2 N–H and O–H groups in total. The summed E-state index contributed by atoms with van der Waals surface area (Å²) in [6.07, 6.45) is 4.65. The van der Waals surface area contributed by atoms with Crippen LogP contribution in [0, 0.1) is 12.8 Å². The summed E-state index contributed by atoms with van der Waals surface area (Å²) < 4.78 is 5.61. The molecule has 1 aromatic rings. The summed E-state index contributed by atoms with van der Waals surface area (Å²) in [5, 5.41) is 9.85. The molecular formula is C15H27IN4OS. The van der Waals surface area contributed by atoms with Crippen molar-refractivity contribution in [3.63, 3.8) is 0 Å². The Hall–Kier alpha value is -0.410. The fraction of sp³-hybridized carbons (Fsp3) is 0.733. The highest BCUT2D eigenvalue weighted by Gasteiger charge is 2.20. The third-order valence-corrected chi connectivity index (χ3v) is 4.19. The molecule has 1 saturated carbocycles. The number of nitrogens with one attached hydrogen (secondary N) is 2. The zero-order chi connectivity index (χ0) is 14.9. The first-order valence-corrected chi connectivity index (χ1v) is 8.59. The minimum absolute atomic E-state index is 0. The zero-order valence-corrected chi connectivity index (χ0v) is 16.6. The van der Waals surface area contributed by atoms with Gasteiger partial charge in [0.05, 0.1) is 10.7 Å². The first kappa shape index (κ1) is 19.6. The lowest BCUT2D eigenvalue weighted by Gasteiger charge is -2.11. The molecule has 5 nitrogen and oxygen atoms in total. The van der Waals surface area contributed by atoms with Crippen molar-refractivity contribution in [2.24, 2.45) is 10.9 Å². The first-order chi connectivity index (χ1) is 10.3. The molecule has 0 radical (unpaired) electrons. The molecule has 0 aromatic carbocycles. The third-order valence-electron chi connectivity index (χ3n) is 3.37. The smallest absolute Gasteiger partial charge is 0.190 e. The van der Waals surface area contributed by atoms with Crippen molar-refractivity contribution in [1.29, 1.82) is 0 Å². The van der Waals surface area contributed by atoms with Crippen LogP contribution in [0.25, 0.3) is 0 Å². The number of aromatic nitrogens is 1. The lowest BCUT2D eigenvalue weighted by atomic mass is 10.3. The summed E-state index contributed by atoms with van der Waals surface area (Å²) in [4.78, 5) is 8.67. The predicted molar refractivity (Wildman–Crippen MR) is 103 cm³/mol. The van der Waals surface area contributed by atoms with Crippen LogP contribution in [-0.4, -0.2) is 44.3 Å². The Morgan fingerprint density at radius 2 is 2.18 bits per heavy atom. The SMILES string of the molecule is CN=C(NCCCOCC1CC1)NCCc1csc(C)n1.I. The average molecular weight is 438 g/mol. The highest BCUT2D eigenvalue weighted by molar-refractivity contribution is 14.0. The molecule has 0 amide bonds. The molecule has 0 spiro atoms. The van der Waals surface area contributed by atoms with Crippen molar-refractivity contribution in [3.05, 3.63) is 16.1 Å². The number of rotatable bonds is 9. The Bertz CT molecular complexity index is 449. The van der Waals surface area contributed by atoms with Crippen LogP contribution in [-0.2, 0) is 11.2 Å². The molecule has 0 aliphatic heterocycles. The molecule has 1 aromatic heterocycles. The van der Waals surface area contributed by atoms with Crippen molar-refractivity contribution < 1.29 is 4.74 Å². The molecule has 0 bridgehead atoms. The molecule has 1 aliphatic rings. The van der Waals surface area contributed by atoms with Gasteiger partial charge < -0.3 is 15.4 Å². The van der Waals surface area contributed by atoms with Crippen molar-refractivity contribution in [2.45, 2.75) is 32.6 Å². The minimum Gasteiger partial charge on any atom is -0.381 e. The molecule has 0 saturated heterocycles. The van der Waals surface area contributed by atoms with Gasteiger partial charge in [0.25, 0.3) is 0 Å². The largest absolute Gasteiger partial charge is 0.381 e. The van der Waals surface area contributed by atoms with E-state index < -0.39 is 0 Å². The fourth-order valence-corrected chi connectivity index (χ4v) is 2.62. The summed E-state index contributed by atoms with van der Waals surface area (Å²) in [5.41, 5.74) is 1.15. The number of aryl methyl sites for hydroxylation is 1. The number of hydrogen-bond donors (Lipinski definition) is 2. The molecule has 1 aliphatic carbocycles. The number of ether oxygens (including phenoxy) is 1. The van der Waals surface area contributed by atoms with E-state index in [1.165, 1.54) is 12.8 Å². The van der Waals surface area contributed by atoms with Crippen LogP contribution in [0.2, 0.25) is 0 Å². The molecule has 7 heteroatoms. The second kappa shape index (κ2) is 11.2. The van der Waals surface area contributed by atoms with E-state index in [0.717, 1.165) is 61.7 Å². The topological polar surface area (TPSA) is 58.5 Å². The van der Waals surface area contributed by atoms with E-state index in [1.807, 2.05) is 6.92 Å². The van der Waals surface area contributed by atoms with E-state index in [-0.39, 0.29) is 24.0 Å². The van der Waals surface area contributed by atoms with E-state index >= 15 is 0 Å². The van der Waals surface area contributed by atoms with Gasteiger partial charge in [-0.1, -0.05) is 0 Å². The maximum Gasteiger partial charge on any atom is 0.190 e. The van der Waals surface area contributed by atoms with Gasteiger partial charge in [-0.3, -0.25) is 4.99 Å². The summed E-state index contributed by atoms with van der Waals surface area (Å²) in [6.45, 7) is 5.55. The molecule has 22 heavy (non-hydrogen) atoms. The van der Waals surface area contributed by atoms with Gasteiger partial charge in [0, 0.05) is 45.2 Å². The second-order valence-corrected chi connectivity index (χ2v) is 6.47. The third kappa shape index (κ3) is 8.28. The van der Waals surface area contributed by atoms with Crippen LogP contribution in [0.5, 0.6) is 0 Å². The van der Waals surface area contributed by atoms with Crippen molar-refractivity contribution in [3.8, 4) is 0 Å². The summed E-state index contributed by atoms with van der Waals surface area (Å²) >= 11 is 1.70. The van der Waals surface area contributed by atoms with E-state index in [2.05, 4.69) is 26.0 Å². The molecule has 0 unspecified atom stereocenters. The Kier molecular flexibility index (Phi) is 9.98. The van der Waals surface area contributed by atoms with E-state index in [4.69, 9.17) is 4.74 Å². The Morgan fingerprint density at radius 3 is 2.82 bits per heavy atom. The maximum absolute atomic E-state index is 5.61. The molecular weight excluding hydrogens is 411 g/mol. The van der Waals surface area contributed by atoms with Crippen LogP contribution < -0.4 is 10.6 Å². The number of thiazole rings is 1. The predicted octanol–water partition coefficient (Wildman–Crippen LogP) is 2.59. The number of halogens is 1. The van der Waals surface area contributed by atoms with Crippen LogP contribution in [0.3, 0.4) is 0 Å². The van der Waals surface area contributed by atoms with E-state index in [1.54, 1.807) is 18.4 Å². The molecule has 0 atom stereocenters. The second-order valence-electron chi connectivity index (χ2n) is 5.41. The van der Waals surface area contributed by atoms with Gasteiger partial charge in [0.2, 0.25) is 0 Å². The number of hydrogen-bond acceptors (Lipinski definition) is 4. The van der Waals surface area contributed by atoms with Crippen LogP contribution in [0.15, 0.2) is 10.4 Å². The minimum atomic E-state index is 0. The van der Waals surface area contributed by atoms with Crippen molar-refractivity contribution in [2.75, 3.05) is 33.4 Å². The van der Waals surface area contributed by atoms with Gasteiger partial charge in [-0.25, -0.2) is 4.98 Å². The van der Waals surface area contributed by atoms with Gasteiger partial charge in [-0.15, -0.1) is 35.3 Å². The Morgan fingerprint density at radius 1 is 1.41 bits per heavy atom. The molecule has 1 heterocycles. The fourth-order valence-electron chi connectivity index (χ4n) is 1.97. The summed E-state index contributed by atoms with van der Waals surface area (Å²) in [5.74, 6) is 1.70. The number of guanidine groups is 1.